The lowest BCUT2D eigenvalue weighted by Crippen LogP contribution is -1.89. The molecule has 0 amide bonds. The molecule has 0 saturated heterocycles. The third kappa shape index (κ3) is 1.94. The van der Waals surface area contributed by atoms with E-state index in [1.807, 2.05) is 0 Å². The van der Waals surface area contributed by atoms with Gasteiger partial charge in [-0.05, 0) is 18.3 Å². The fraction of sp³-hybridized carbons (Fsp3) is 0.400. The van der Waals surface area contributed by atoms with Gasteiger partial charge in [-0.3, -0.25) is 0 Å². The SMILES string of the molecule is C#[N+]C(=C)C(C)F. The molecule has 0 aliphatic rings. The summed E-state index contributed by atoms with van der Waals surface area (Å²) in [6, 6.07) is 0. The van der Waals surface area contributed by atoms with Crippen LogP contribution in [0, 0.1) is 6.57 Å². The molecule has 0 spiro atoms. The summed E-state index contributed by atoms with van der Waals surface area (Å²) in [5.74, 6) is 0. The van der Waals surface area contributed by atoms with E-state index in [4.69, 9.17) is 0 Å². The molecule has 7 heavy (non-hydrogen) atoms. The van der Waals surface area contributed by atoms with Gasteiger partial charge in [0.2, 0.25) is 0 Å². The molecular weight excluding hydrogens is 93.1 g/mol. The standard InChI is InChI=1S/C5H7FN/c1-4(6)5(2)7-3/h3-4H,2H2,1H3/q+1. The molecule has 0 rings (SSSR count). The van der Waals surface area contributed by atoms with E-state index in [-0.39, 0.29) is 5.70 Å². The third-order valence-corrected chi connectivity index (χ3v) is 0.625. The zero-order chi connectivity index (χ0) is 5.86. The summed E-state index contributed by atoms with van der Waals surface area (Å²) >= 11 is 0. The Balaban J connectivity index is 3.64. The normalized spacial score (nSPS) is 12.1. The smallest absolute Gasteiger partial charge is 0.234 e. The number of halogens is 1. The molecule has 0 heterocycles. The van der Waals surface area contributed by atoms with Crippen LogP contribution in [-0.2, 0) is 0 Å². The molecule has 38 valence electrons. The molecule has 0 saturated carbocycles. The van der Waals surface area contributed by atoms with Gasteiger partial charge in [-0.25, -0.2) is 4.39 Å². The Kier molecular flexibility index (Phi) is 2.07. The van der Waals surface area contributed by atoms with Crippen molar-refractivity contribution in [2.45, 2.75) is 13.1 Å². The first kappa shape index (κ1) is 6.16. The Morgan fingerprint density at radius 1 is 2.00 bits per heavy atom. The summed E-state index contributed by atoms with van der Waals surface area (Å²) < 4.78 is 11.8. The van der Waals surface area contributed by atoms with E-state index in [0.717, 1.165) is 0 Å². The van der Waals surface area contributed by atoms with Gasteiger partial charge in [-0.1, -0.05) is 0 Å². The summed E-state index contributed by atoms with van der Waals surface area (Å²) in [6.45, 7) is 9.20. The fourth-order valence-electron chi connectivity index (χ4n) is 0.103. The Hall–Kier alpha value is -0.840. The maximum atomic E-state index is 11.8. The maximum absolute atomic E-state index is 11.8. The summed E-state index contributed by atoms with van der Waals surface area (Å²) in [5.41, 5.74) is 0.0833. The average molecular weight is 100 g/mol. The first-order valence-corrected chi connectivity index (χ1v) is 1.92. The van der Waals surface area contributed by atoms with Crippen molar-refractivity contribution in [1.29, 1.82) is 0 Å². The van der Waals surface area contributed by atoms with E-state index in [9.17, 15) is 4.39 Å². The van der Waals surface area contributed by atoms with Crippen molar-refractivity contribution in [1.82, 2.24) is 0 Å². The lowest BCUT2D eigenvalue weighted by Gasteiger charge is -1.80. The second-order valence-electron chi connectivity index (χ2n) is 1.24. The molecule has 0 aliphatic carbocycles. The van der Waals surface area contributed by atoms with Crippen LogP contribution >= 0.6 is 0 Å². The summed E-state index contributed by atoms with van der Waals surface area (Å²) in [5, 5.41) is 0. The van der Waals surface area contributed by atoms with Crippen molar-refractivity contribution in [2.75, 3.05) is 0 Å². The molecule has 0 aliphatic heterocycles. The van der Waals surface area contributed by atoms with E-state index in [2.05, 4.69) is 18.0 Å². The van der Waals surface area contributed by atoms with Gasteiger partial charge in [0, 0.05) is 0 Å². The van der Waals surface area contributed by atoms with Crippen LogP contribution in [0.5, 0.6) is 0 Å². The van der Waals surface area contributed by atoms with Crippen molar-refractivity contribution in [3.63, 3.8) is 0 Å². The number of rotatable bonds is 1. The average Bonchev–Trinajstić information content (AvgIpc) is 1.65. The van der Waals surface area contributed by atoms with Crippen LogP contribution < -0.4 is 0 Å². The summed E-state index contributed by atoms with van der Waals surface area (Å²) in [4.78, 5) is 3.02. The van der Waals surface area contributed by atoms with E-state index < -0.39 is 6.17 Å². The molecule has 0 aromatic heterocycles. The highest BCUT2D eigenvalue weighted by molar-refractivity contribution is 5.10. The highest BCUT2D eigenvalue weighted by Crippen LogP contribution is 2.02. The van der Waals surface area contributed by atoms with Gasteiger partial charge in [-0.15, -0.1) is 0 Å². The topological polar surface area (TPSA) is 4.36 Å². The first-order chi connectivity index (χ1) is 3.18. The molecule has 0 bridgehead atoms. The largest absolute Gasteiger partial charge is 0.342 e. The van der Waals surface area contributed by atoms with Crippen molar-refractivity contribution < 1.29 is 4.39 Å². The van der Waals surface area contributed by atoms with Crippen LogP contribution in [0.25, 0.3) is 4.85 Å². The van der Waals surface area contributed by atoms with E-state index >= 15 is 0 Å². The first-order valence-electron chi connectivity index (χ1n) is 1.92. The second-order valence-corrected chi connectivity index (χ2v) is 1.24. The zero-order valence-electron chi connectivity index (χ0n) is 4.19. The van der Waals surface area contributed by atoms with E-state index in [1.54, 1.807) is 0 Å². The number of allylic oxidation sites excluding steroid dienone is 1. The Bertz CT molecular complexity index is 110. The highest BCUT2D eigenvalue weighted by atomic mass is 19.1. The number of alkyl halides is 1. The van der Waals surface area contributed by atoms with Gasteiger partial charge in [0.05, 0.1) is 0 Å². The number of nitrogens with zero attached hydrogens (tertiary/aromatic N) is 1. The van der Waals surface area contributed by atoms with Crippen LogP contribution in [0.3, 0.4) is 0 Å². The van der Waals surface area contributed by atoms with Crippen LogP contribution in [0.4, 0.5) is 4.39 Å². The minimum atomic E-state index is -1.12. The Morgan fingerprint density at radius 3 is 2.43 bits per heavy atom. The molecule has 0 N–H and O–H groups in total. The van der Waals surface area contributed by atoms with Gasteiger partial charge in [-0.2, -0.15) is 0 Å². The van der Waals surface area contributed by atoms with Crippen molar-refractivity contribution >= 4 is 0 Å². The lowest BCUT2D eigenvalue weighted by atomic mass is 10.4. The molecule has 0 fully saturated rings. The Labute approximate surface area is 42.3 Å². The van der Waals surface area contributed by atoms with Crippen LogP contribution in [0.15, 0.2) is 12.3 Å². The Morgan fingerprint density at radius 2 is 2.43 bits per heavy atom. The summed E-state index contributed by atoms with van der Waals surface area (Å²) in [7, 11) is 0. The van der Waals surface area contributed by atoms with Crippen molar-refractivity contribution in [3.8, 4) is 6.57 Å². The van der Waals surface area contributed by atoms with E-state index in [1.165, 1.54) is 6.92 Å². The second kappa shape index (κ2) is 2.35. The maximum Gasteiger partial charge on any atom is 0.342 e. The molecule has 1 unspecified atom stereocenters. The fourth-order valence-corrected chi connectivity index (χ4v) is 0.103. The lowest BCUT2D eigenvalue weighted by molar-refractivity contribution is 0.418. The molecular formula is C5H7FN+. The highest BCUT2D eigenvalue weighted by Gasteiger charge is 2.10. The van der Waals surface area contributed by atoms with Gasteiger partial charge in [0.15, 0.2) is 6.17 Å². The van der Waals surface area contributed by atoms with Crippen LogP contribution in [-0.4, -0.2) is 6.17 Å². The van der Waals surface area contributed by atoms with Crippen LogP contribution in [0.2, 0.25) is 0 Å². The van der Waals surface area contributed by atoms with Gasteiger partial charge >= 0.3 is 5.70 Å². The minimum absolute atomic E-state index is 0.0833. The number of hydrogen-bond acceptors (Lipinski definition) is 0. The monoisotopic (exact) mass is 100 g/mol. The minimum Gasteiger partial charge on any atom is -0.234 e. The predicted octanol–water partition coefficient (Wildman–Crippen LogP) is 1.82. The molecule has 0 radical (unpaired) electrons. The summed E-state index contributed by atoms with van der Waals surface area (Å²) in [6.07, 6.45) is -1.12. The molecule has 1 atom stereocenters. The molecule has 1 nitrogen and oxygen atoms in total. The number of hydrogen-bond donors (Lipinski definition) is 0. The van der Waals surface area contributed by atoms with Gasteiger partial charge in [0.1, 0.15) is 0 Å². The predicted molar refractivity (Wildman–Crippen MR) is 28.0 cm³/mol. The quantitative estimate of drug-likeness (QED) is 0.473. The van der Waals surface area contributed by atoms with Crippen molar-refractivity contribution in [3.05, 3.63) is 17.1 Å². The van der Waals surface area contributed by atoms with Crippen LogP contribution in [0.1, 0.15) is 6.92 Å². The van der Waals surface area contributed by atoms with Crippen molar-refractivity contribution in [2.24, 2.45) is 0 Å². The zero-order valence-corrected chi connectivity index (χ0v) is 4.19. The van der Waals surface area contributed by atoms with E-state index in [0.29, 0.717) is 0 Å². The van der Waals surface area contributed by atoms with Gasteiger partial charge < -0.3 is 0 Å². The third-order valence-electron chi connectivity index (χ3n) is 0.625. The molecule has 2 heteroatoms. The molecule has 0 aromatic rings. The molecule has 0 aromatic carbocycles. The van der Waals surface area contributed by atoms with Gasteiger partial charge in [0.25, 0.3) is 6.57 Å².